The number of nitrogens with zero attached hydrogens (tertiary/aromatic N) is 2. The van der Waals surface area contributed by atoms with Gasteiger partial charge in [0.05, 0.1) is 22.3 Å². The lowest BCUT2D eigenvalue weighted by atomic mass is 9.93. The number of hydrogen-bond donors (Lipinski definition) is 0. The van der Waals surface area contributed by atoms with E-state index in [9.17, 15) is 0 Å². The molecule has 3 nitrogen and oxygen atoms in total. The normalized spacial score (nSPS) is 12.9. The van der Waals surface area contributed by atoms with Crippen LogP contribution in [0.1, 0.15) is 15.2 Å². The number of fused-ring (bicyclic) bond motifs is 2. The molecule has 3 heteroatoms. The van der Waals surface area contributed by atoms with Crippen LogP contribution in [0.2, 0.25) is 0 Å². The first-order valence-corrected chi connectivity index (χ1v) is 12.6. The molecule has 7 rings (SSSR count). The molecule has 0 aliphatic rings. The van der Waals surface area contributed by atoms with Crippen LogP contribution in [0, 0.1) is 13.8 Å². The van der Waals surface area contributed by atoms with Crippen LogP contribution in [0.3, 0.4) is 0 Å². The number of hydrogen-bond acceptors (Lipinski definition) is 2. The Morgan fingerprint density at radius 1 is 0.684 bits per heavy atom. The molecule has 2 heterocycles. The second-order valence-electron chi connectivity index (χ2n) is 9.56. The third-order valence-electron chi connectivity index (χ3n) is 7.02. The molecule has 0 fully saturated rings. The Morgan fingerprint density at radius 3 is 2.03 bits per heavy atom. The lowest BCUT2D eigenvalue weighted by Crippen LogP contribution is -2.03. The van der Waals surface area contributed by atoms with E-state index in [-0.39, 0.29) is 5.56 Å². The molecule has 0 saturated carbocycles. The largest absolute Gasteiger partial charge is 0.464 e. The van der Waals surface area contributed by atoms with Gasteiger partial charge in [0.25, 0.3) is 0 Å². The predicted octanol–water partition coefficient (Wildman–Crippen LogP) is 9.39. The maximum absolute atomic E-state index is 7.84. The number of para-hydroxylation sites is 2. The molecule has 0 spiro atoms. The highest BCUT2D eigenvalue weighted by Crippen LogP contribution is 2.42. The van der Waals surface area contributed by atoms with Crippen molar-refractivity contribution in [2.75, 3.05) is 0 Å². The number of imidazole rings is 1. The number of furan rings is 1. The standard InChI is InChI=1S/C35H26N2O/c1-23-17-18-27-30(22-38-33(27)21-23)35-36-31-15-9-10-16-32(31)37(35)34-28(25-11-5-3-6-12-25)19-24(2)20-29(34)26-13-7-4-8-14-26/h3-22H,1-2H3/i1D3. The molecule has 0 N–H and O–H groups in total. The van der Waals surface area contributed by atoms with Gasteiger partial charge in [0.1, 0.15) is 17.7 Å². The van der Waals surface area contributed by atoms with Crippen molar-refractivity contribution in [1.29, 1.82) is 0 Å². The van der Waals surface area contributed by atoms with Gasteiger partial charge in [0.15, 0.2) is 0 Å². The molecule has 182 valence electrons. The second kappa shape index (κ2) is 8.89. The van der Waals surface area contributed by atoms with Crippen molar-refractivity contribution in [3.05, 3.63) is 133 Å². The van der Waals surface area contributed by atoms with Gasteiger partial charge in [-0.1, -0.05) is 84.9 Å². The van der Waals surface area contributed by atoms with Crippen LogP contribution in [0.5, 0.6) is 0 Å². The van der Waals surface area contributed by atoms with E-state index in [0.29, 0.717) is 5.58 Å². The van der Waals surface area contributed by atoms with Gasteiger partial charge in [-0.05, 0) is 66.4 Å². The Labute approximate surface area is 225 Å². The summed E-state index contributed by atoms with van der Waals surface area (Å²) < 4.78 is 31.7. The summed E-state index contributed by atoms with van der Waals surface area (Å²) in [5.74, 6) is 0.727. The summed E-state index contributed by atoms with van der Waals surface area (Å²) in [6.07, 6.45) is 1.68. The summed E-state index contributed by atoms with van der Waals surface area (Å²) >= 11 is 0. The van der Waals surface area contributed by atoms with Crippen LogP contribution in [0.4, 0.5) is 0 Å². The van der Waals surface area contributed by atoms with E-state index in [2.05, 4.69) is 78.2 Å². The molecule has 5 aromatic carbocycles. The maximum atomic E-state index is 7.84. The average Bonchev–Trinajstić information content (AvgIpc) is 3.58. The first-order chi connectivity index (χ1) is 19.9. The molecule has 0 radical (unpaired) electrons. The molecule has 0 aliphatic heterocycles. The number of rotatable bonds is 4. The van der Waals surface area contributed by atoms with E-state index in [4.69, 9.17) is 13.5 Å². The molecule has 0 amide bonds. The summed E-state index contributed by atoms with van der Waals surface area (Å²) in [7, 11) is 0. The second-order valence-corrected chi connectivity index (χ2v) is 9.56. The summed E-state index contributed by atoms with van der Waals surface area (Å²) in [5, 5.41) is 0.809. The smallest absolute Gasteiger partial charge is 0.149 e. The van der Waals surface area contributed by atoms with Gasteiger partial charge in [0.2, 0.25) is 0 Å². The summed E-state index contributed by atoms with van der Waals surface area (Å²) in [6.45, 7) is -0.0902. The van der Waals surface area contributed by atoms with Crippen molar-refractivity contribution in [1.82, 2.24) is 9.55 Å². The van der Waals surface area contributed by atoms with Gasteiger partial charge in [-0.15, -0.1) is 0 Å². The lowest BCUT2D eigenvalue weighted by Gasteiger charge is -2.20. The molecule has 2 aromatic heterocycles. The molecule has 0 bridgehead atoms. The number of aryl methyl sites for hydroxylation is 2. The van der Waals surface area contributed by atoms with Crippen molar-refractivity contribution in [3.8, 4) is 39.3 Å². The van der Waals surface area contributed by atoms with Crippen molar-refractivity contribution < 1.29 is 8.53 Å². The molecular weight excluding hydrogens is 464 g/mol. The summed E-state index contributed by atoms with van der Waals surface area (Å²) in [4.78, 5) is 5.14. The van der Waals surface area contributed by atoms with Crippen molar-refractivity contribution >= 4 is 22.0 Å². The minimum Gasteiger partial charge on any atom is -0.464 e. The van der Waals surface area contributed by atoms with Gasteiger partial charge in [-0.3, -0.25) is 4.57 Å². The molecule has 0 aliphatic carbocycles. The fourth-order valence-electron chi connectivity index (χ4n) is 5.33. The van der Waals surface area contributed by atoms with E-state index in [1.807, 2.05) is 36.4 Å². The van der Waals surface area contributed by atoms with Crippen LogP contribution in [0.25, 0.3) is 61.3 Å². The summed E-state index contributed by atoms with van der Waals surface area (Å²) in [5.41, 5.74) is 9.94. The fraction of sp³-hybridized carbons (Fsp3) is 0.0571. The van der Waals surface area contributed by atoms with Crippen molar-refractivity contribution in [3.63, 3.8) is 0 Å². The van der Waals surface area contributed by atoms with Crippen LogP contribution >= 0.6 is 0 Å². The predicted molar refractivity (Wildman–Crippen MR) is 157 cm³/mol. The van der Waals surface area contributed by atoms with Crippen molar-refractivity contribution in [2.45, 2.75) is 13.8 Å². The van der Waals surface area contributed by atoms with Crippen LogP contribution in [0.15, 0.2) is 126 Å². The first-order valence-electron chi connectivity index (χ1n) is 14.1. The Kier molecular flexibility index (Phi) is 4.51. The van der Waals surface area contributed by atoms with E-state index in [1.54, 1.807) is 18.4 Å². The quantitative estimate of drug-likeness (QED) is 0.244. The first kappa shape index (κ1) is 19.3. The van der Waals surface area contributed by atoms with E-state index in [1.165, 1.54) is 0 Å². The van der Waals surface area contributed by atoms with E-state index in [0.717, 1.165) is 61.3 Å². The summed E-state index contributed by atoms with van der Waals surface area (Å²) in [6, 6.07) is 38.5. The highest BCUT2D eigenvalue weighted by atomic mass is 16.3. The monoisotopic (exact) mass is 493 g/mol. The minimum atomic E-state index is -2.22. The van der Waals surface area contributed by atoms with Crippen LogP contribution in [-0.2, 0) is 0 Å². The Hall–Kier alpha value is -4.89. The maximum Gasteiger partial charge on any atom is 0.149 e. The average molecular weight is 494 g/mol. The fourth-order valence-corrected chi connectivity index (χ4v) is 5.33. The third kappa shape index (κ3) is 3.63. The zero-order valence-corrected chi connectivity index (χ0v) is 20.8. The number of benzene rings is 5. The number of aromatic nitrogens is 2. The lowest BCUT2D eigenvalue weighted by molar-refractivity contribution is 0.616. The SMILES string of the molecule is [2H]C([2H])([2H])c1ccc2c(-c3nc4ccccc4n3-c3c(-c4ccccc4)cc(C)cc3-c3ccccc3)coc2c1. The molecular formula is C35H26N2O. The van der Waals surface area contributed by atoms with Gasteiger partial charge in [-0.25, -0.2) is 4.98 Å². The van der Waals surface area contributed by atoms with Gasteiger partial charge in [-0.2, -0.15) is 0 Å². The Balaban J connectivity index is 1.59. The molecule has 0 atom stereocenters. The van der Waals surface area contributed by atoms with Crippen molar-refractivity contribution in [2.24, 2.45) is 0 Å². The molecule has 0 saturated heterocycles. The topological polar surface area (TPSA) is 31.0 Å². The Morgan fingerprint density at radius 2 is 1.34 bits per heavy atom. The zero-order chi connectivity index (χ0) is 28.1. The van der Waals surface area contributed by atoms with E-state index < -0.39 is 6.85 Å². The van der Waals surface area contributed by atoms with E-state index >= 15 is 0 Å². The zero-order valence-electron chi connectivity index (χ0n) is 23.8. The van der Waals surface area contributed by atoms with Crippen LogP contribution < -0.4 is 0 Å². The highest BCUT2D eigenvalue weighted by molar-refractivity contribution is 5.98. The molecule has 38 heavy (non-hydrogen) atoms. The highest BCUT2D eigenvalue weighted by Gasteiger charge is 2.23. The minimum absolute atomic E-state index is 0.246. The third-order valence-corrected chi connectivity index (χ3v) is 7.02. The Bertz CT molecular complexity index is 1980. The van der Waals surface area contributed by atoms with Crippen LogP contribution in [-0.4, -0.2) is 9.55 Å². The molecule has 7 aromatic rings. The van der Waals surface area contributed by atoms with Gasteiger partial charge >= 0.3 is 0 Å². The molecule has 0 unspecified atom stereocenters. The van der Waals surface area contributed by atoms with Gasteiger partial charge in [0, 0.05) is 20.6 Å². The van der Waals surface area contributed by atoms with Gasteiger partial charge < -0.3 is 4.42 Å².